The van der Waals surface area contributed by atoms with Gasteiger partial charge in [-0.25, -0.2) is 0 Å². The Kier molecular flexibility index (Phi) is 6.53. The first kappa shape index (κ1) is 18.1. The van der Waals surface area contributed by atoms with Crippen LogP contribution in [0.3, 0.4) is 0 Å². The van der Waals surface area contributed by atoms with E-state index in [-0.39, 0.29) is 5.69 Å². The van der Waals surface area contributed by atoms with Crippen molar-refractivity contribution >= 4 is 12.0 Å². The molecule has 1 saturated heterocycles. The van der Waals surface area contributed by atoms with Gasteiger partial charge in [0.05, 0.1) is 11.0 Å². The summed E-state index contributed by atoms with van der Waals surface area (Å²) in [6.07, 6.45) is -5.35. The molecule has 22 heavy (non-hydrogen) atoms. The normalized spacial score (nSPS) is 30.9. The second-order valence-corrected chi connectivity index (χ2v) is 4.67. The Morgan fingerprint density at radius 2 is 1.64 bits per heavy atom. The summed E-state index contributed by atoms with van der Waals surface area (Å²) in [4.78, 5) is 19.7. The molecule has 1 aliphatic rings. The summed E-state index contributed by atoms with van der Waals surface area (Å²) in [6, 6.07) is 5.41. The van der Waals surface area contributed by atoms with Gasteiger partial charge < -0.3 is 25.2 Å². The number of aliphatic hydroxyl groups excluding tert-OH is 4. The average molecular weight is 315 g/mol. The highest BCUT2D eigenvalue weighted by molar-refractivity contribution is 5.75. The molecule has 5 atom stereocenters. The molecule has 0 radical (unpaired) electrons. The first-order valence-corrected chi connectivity index (χ1v) is 6.35. The maximum absolute atomic E-state index is 10.1. The summed E-state index contributed by atoms with van der Waals surface area (Å²) in [7, 11) is 0. The third-order valence-corrected chi connectivity index (χ3v) is 3.07. The minimum Gasteiger partial charge on any atom is -0.388 e. The Labute approximate surface area is 125 Å². The number of non-ortho nitro benzene ring substituents is 1. The molecule has 1 aromatic rings. The predicted octanol–water partition coefficient (Wildman–Crippen LogP) is -0.787. The summed E-state index contributed by atoms with van der Waals surface area (Å²) in [5, 5.41) is 46.1. The van der Waals surface area contributed by atoms with E-state index in [1.54, 1.807) is 0 Å². The highest BCUT2D eigenvalue weighted by Crippen LogP contribution is 2.18. The topological polar surface area (TPSA) is 150 Å². The van der Waals surface area contributed by atoms with Crippen LogP contribution in [0.5, 0.6) is 0 Å². The monoisotopic (exact) mass is 315 g/mol. The Balaban J connectivity index is 0.000000220. The van der Waals surface area contributed by atoms with E-state index in [0.29, 0.717) is 11.8 Å². The van der Waals surface area contributed by atoms with E-state index >= 15 is 0 Å². The Morgan fingerprint density at radius 3 is 2.09 bits per heavy atom. The fourth-order valence-electron chi connectivity index (χ4n) is 1.70. The van der Waals surface area contributed by atoms with Crippen molar-refractivity contribution in [3.8, 4) is 0 Å². The fraction of sp³-hybridized carbons (Fsp3) is 0.462. The van der Waals surface area contributed by atoms with Crippen molar-refractivity contribution < 1.29 is 34.9 Å². The van der Waals surface area contributed by atoms with Crippen LogP contribution in [0.4, 0.5) is 5.69 Å². The molecular formula is C13H17NO8. The van der Waals surface area contributed by atoms with Crippen LogP contribution in [0, 0.1) is 10.1 Å². The molecule has 1 aliphatic heterocycles. The van der Waals surface area contributed by atoms with Gasteiger partial charge in [-0.15, -0.1) is 0 Å². The molecule has 0 saturated carbocycles. The van der Waals surface area contributed by atoms with Gasteiger partial charge in [-0.3, -0.25) is 14.9 Å². The summed E-state index contributed by atoms with van der Waals surface area (Å²) < 4.78 is 4.68. The zero-order chi connectivity index (χ0) is 16.9. The number of ether oxygens (including phenoxy) is 1. The van der Waals surface area contributed by atoms with Crippen molar-refractivity contribution in [1.82, 2.24) is 0 Å². The van der Waals surface area contributed by atoms with E-state index in [1.807, 2.05) is 0 Å². The van der Waals surface area contributed by atoms with Gasteiger partial charge in [0.2, 0.25) is 0 Å². The summed E-state index contributed by atoms with van der Waals surface area (Å²) >= 11 is 0. The van der Waals surface area contributed by atoms with Crippen molar-refractivity contribution in [1.29, 1.82) is 0 Å². The van der Waals surface area contributed by atoms with Crippen LogP contribution in [0.1, 0.15) is 17.3 Å². The van der Waals surface area contributed by atoms with E-state index in [9.17, 15) is 14.9 Å². The standard InChI is InChI=1S/C7H5NO3.C6H12O5/c9-5-6-1-3-7(4-2-6)8(10)11;1-2-3(7)4(8)5(9)6(10)11-2/h1-5H;2-10H,1H3/t;2-,3-,4+,5+,6?/m.1/s1. The number of aldehydes is 1. The first-order chi connectivity index (χ1) is 10.3. The molecule has 9 nitrogen and oxygen atoms in total. The molecule has 0 spiro atoms. The molecule has 0 bridgehead atoms. The van der Waals surface area contributed by atoms with Gasteiger partial charge in [0.1, 0.15) is 24.6 Å². The van der Waals surface area contributed by atoms with Gasteiger partial charge in [0.15, 0.2) is 6.29 Å². The quantitative estimate of drug-likeness (QED) is 0.315. The number of hydrogen-bond acceptors (Lipinski definition) is 8. The van der Waals surface area contributed by atoms with Crippen molar-refractivity contribution in [2.24, 2.45) is 0 Å². The van der Waals surface area contributed by atoms with Crippen LogP contribution >= 0.6 is 0 Å². The lowest BCUT2D eigenvalue weighted by Crippen LogP contribution is -2.56. The smallest absolute Gasteiger partial charge is 0.269 e. The summed E-state index contributed by atoms with van der Waals surface area (Å²) in [6.45, 7) is 1.50. The maximum Gasteiger partial charge on any atom is 0.269 e. The number of nitro groups is 1. The van der Waals surface area contributed by atoms with E-state index in [2.05, 4.69) is 4.74 Å². The molecule has 9 heteroatoms. The largest absolute Gasteiger partial charge is 0.388 e. The minimum absolute atomic E-state index is 0.00407. The number of aliphatic hydroxyl groups is 4. The third-order valence-electron chi connectivity index (χ3n) is 3.07. The van der Waals surface area contributed by atoms with Crippen LogP contribution in [0.2, 0.25) is 0 Å². The summed E-state index contributed by atoms with van der Waals surface area (Å²) in [5.41, 5.74) is 0.436. The van der Waals surface area contributed by atoms with Crippen molar-refractivity contribution in [2.45, 2.75) is 37.6 Å². The molecule has 1 fully saturated rings. The molecule has 0 amide bonds. The van der Waals surface area contributed by atoms with E-state index in [1.165, 1.54) is 31.2 Å². The van der Waals surface area contributed by atoms with Gasteiger partial charge in [-0.05, 0) is 19.1 Å². The van der Waals surface area contributed by atoms with Crippen LogP contribution < -0.4 is 0 Å². The molecule has 4 N–H and O–H groups in total. The van der Waals surface area contributed by atoms with Crippen LogP contribution in [0.25, 0.3) is 0 Å². The van der Waals surface area contributed by atoms with Crippen molar-refractivity contribution in [2.75, 3.05) is 0 Å². The number of carbonyl (C=O) groups excluding carboxylic acids is 1. The highest BCUT2D eigenvalue weighted by atomic mass is 16.6. The van der Waals surface area contributed by atoms with Crippen molar-refractivity contribution in [3.05, 3.63) is 39.9 Å². The SMILES string of the molecule is C[C@H]1OC(O)[C@@H](O)[C@@H](O)[C@@H]1O.O=Cc1ccc([N+](=O)[O-])cc1. The molecule has 1 aromatic carbocycles. The molecular weight excluding hydrogens is 298 g/mol. The molecule has 122 valence electrons. The van der Waals surface area contributed by atoms with Gasteiger partial charge in [-0.1, -0.05) is 0 Å². The van der Waals surface area contributed by atoms with Crippen molar-refractivity contribution in [3.63, 3.8) is 0 Å². The van der Waals surface area contributed by atoms with Crippen LogP contribution in [-0.2, 0) is 4.74 Å². The number of nitrogens with zero attached hydrogens (tertiary/aromatic N) is 1. The van der Waals surface area contributed by atoms with Crippen LogP contribution in [0.15, 0.2) is 24.3 Å². The van der Waals surface area contributed by atoms with E-state index in [4.69, 9.17) is 20.4 Å². The lowest BCUT2D eigenvalue weighted by atomic mass is 10.0. The zero-order valence-corrected chi connectivity index (χ0v) is 11.6. The van der Waals surface area contributed by atoms with Gasteiger partial charge in [-0.2, -0.15) is 0 Å². The number of hydrogen-bond donors (Lipinski definition) is 4. The zero-order valence-electron chi connectivity index (χ0n) is 11.6. The predicted molar refractivity (Wildman–Crippen MR) is 73.1 cm³/mol. The molecule has 2 rings (SSSR count). The Hall–Kier alpha value is -1.91. The number of rotatable bonds is 2. The Morgan fingerprint density at radius 1 is 1.09 bits per heavy atom. The Bertz CT molecular complexity index is 491. The maximum atomic E-state index is 10.1. The summed E-state index contributed by atoms with van der Waals surface area (Å²) in [5.74, 6) is 0. The van der Waals surface area contributed by atoms with Gasteiger partial charge in [0, 0.05) is 17.7 Å². The molecule has 0 aromatic heterocycles. The second kappa shape index (κ2) is 7.92. The van der Waals surface area contributed by atoms with Gasteiger partial charge in [0.25, 0.3) is 5.69 Å². The lowest BCUT2D eigenvalue weighted by molar-refractivity contribution is -0.384. The highest BCUT2D eigenvalue weighted by Gasteiger charge is 2.40. The number of benzene rings is 1. The molecule has 0 aliphatic carbocycles. The van der Waals surface area contributed by atoms with Gasteiger partial charge >= 0.3 is 0 Å². The lowest BCUT2D eigenvalue weighted by Gasteiger charge is -2.36. The minimum atomic E-state index is -1.43. The molecule has 1 heterocycles. The van der Waals surface area contributed by atoms with E-state index < -0.39 is 35.6 Å². The number of carbonyl (C=O) groups is 1. The third kappa shape index (κ3) is 4.55. The average Bonchev–Trinajstić information content (AvgIpc) is 2.51. The fourth-order valence-corrected chi connectivity index (χ4v) is 1.70. The first-order valence-electron chi connectivity index (χ1n) is 6.35. The second-order valence-electron chi connectivity index (χ2n) is 4.67. The van der Waals surface area contributed by atoms with E-state index in [0.717, 1.165) is 0 Å². The number of nitro benzene ring substituents is 1. The van der Waals surface area contributed by atoms with Crippen LogP contribution in [-0.4, -0.2) is 62.3 Å². The molecule has 1 unspecified atom stereocenters.